The molecule has 4 nitrogen and oxygen atoms in total. The summed E-state index contributed by atoms with van der Waals surface area (Å²) in [6.07, 6.45) is 0. The van der Waals surface area contributed by atoms with E-state index in [1.807, 2.05) is 0 Å². The topological polar surface area (TPSA) is 15.3 Å². The van der Waals surface area contributed by atoms with Crippen LogP contribution in [0, 0.1) is 13.8 Å². The predicted octanol–water partition coefficient (Wildman–Crippen LogP) is 18.9. The second-order valence-electron chi connectivity index (χ2n) is 19.5. The van der Waals surface area contributed by atoms with Crippen molar-refractivity contribution in [1.82, 2.24) is 8.80 Å². The smallest absolute Gasteiger partial charge is 0.0641 e. The van der Waals surface area contributed by atoms with Gasteiger partial charge in [-0.05, 0) is 121 Å². The minimum Gasteiger partial charge on any atom is -0.310 e. The number of hydrogen-bond acceptors (Lipinski definition) is 2. The summed E-state index contributed by atoms with van der Waals surface area (Å²) in [6.45, 7) is 4.32. The zero-order valence-electron chi connectivity index (χ0n) is 39.9. The molecule has 4 heterocycles. The van der Waals surface area contributed by atoms with Crippen LogP contribution in [0.2, 0.25) is 0 Å². The van der Waals surface area contributed by atoms with Gasteiger partial charge in [0.2, 0.25) is 0 Å². The van der Waals surface area contributed by atoms with Crippen LogP contribution < -0.4 is 9.80 Å². The average Bonchev–Trinajstić information content (AvgIpc) is 4.17. The summed E-state index contributed by atoms with van der Waals surface area (Å²) >= 11 is 0. The molecule has 15 rings (SSSR count). The number of anilines is 6. The van der Waals surface area contributed by atoms with Crippen LogP contribution in [-0.4, -0.2) is 8.80 Å². The van der Waals surface area contributed by atoms with Crippen molar-refractivity contribution >= 4 is 110 Å². The molecule has 0 aliphatic rings. The first kappa shape index (κ1) is 40.5. The van der Waals surface area contributed by atoms with E-state index in [-0.39, 0.29) is 0 Å². The number of benzene rings is 11. The molecule has 0 unspecified atom stereocenters. The standard InChI is InChI=1S/C68H46N4/c1-43-27-31-49(32-28-43)69(51-21-13-19-47(39-51)45-15-5-3-6-16-45)61-37-35-53-57-41-64-58(42-63(57)71-59-25-11-9-23-55(59)65(61)67(53)71)54-36-38-62(66-56-24-10-12-26-60(56)72(64)68(54)66)70(50-33-29-44(2)30-34-50)52-22-14-20-48(40-52)46-17-7-4-8-18-46/h3-42H,1-2H3. The summed E-state index contributed by atoms with van der Waals surface area (Å²) in [5.74, 6) is 0. The average molecular weight is 919 g/mol. The van der Waals surface area contributed by atoms with Crippen LogP contribution in [-0.2, 0) is 0 Å². The highest BCUT2D eigenvalue weighted by Gasteiger charge is 2.28. The van der Waals surface area contributed by atoms with Crippen LogP contribution in [0.25, 0.3) is 98.4 Å². The Kier molecular flexibility index (Phi) is 8.75. The minimum atomic E-state index is 1.12. The molecule has 0 atom stereocenters. The van der Waals surface area contributed by atoms with Crippen LogP contribution in [0.3, 0.4) is 0 Å². The highest BCUT2D eigenvalue weighted by molar-refractivity contribution is 6.32. The van der Waals surface area contributed by atoms with Gasteiger partial charge < -0.3 is 18.6 Å². The largest absolute Gasteiger partial charge is 0.310 e. The number of aromatic nitrogens is 2. The van der Waals surface area contributed by atoms with Gasteiger partial charge in [0.1, 0.15) is 0 Å². The molecule has 11 aromatic carbocycles. The minimum absolute atomic E-state index is 1.12. The zero-order valence-corrected chi connectivity index (χ0v) is 39.9. The lowest BCUT2D eigenvalue weighted by molar-refractivity contribution is 1.29. The van der Waals surface area contributed by atoms with Crippen LogP contribution in [0.1, 0.15) is 11.1 Å². The van der Waals surface area contributed by atoms with E-state index < -0.39 is 0 Å². The van der Waals surface area contributed by atoms with Crippen molar-refractivity contribution in [3.05, 3.63) is 254 Å². The molecule has 0 saturated heterocycles. The molecule has 0 aliphatic heterocycles. The van der Waals surface area contributed by atoms with Crippen molar-refractivity contribution in [3.63, 3.8) is 0 Å². The Morgan fingerprint density at radius 2 is 0.653 bits per heavy atom. The second-order valence-corrected chi connectivity index (χ2v) is 19.5. The molecule has 0 N–H and O–H groups in total. The molecule has 4 aromatic heterocycles. The fraction of sp³-hybridized carbons (Fsp3) is 0.0294. The van der Waals surface area contributed by atoms with Crippen molar-refractivity contribution in [2.45, 2.75) is 13.8 Å². The van der Waals surface area contributed by atoms with Gasteiger partial charge in [0.15, 0.2) is 0 Å². The van der Waals surface area contributed by atoms with Gasteiger partial charge in [-0.1, -0.05) is 169 Å². The molecule has 4 heteroatoms. The first-order valence-corrected chi connectivity index (χ1v) is 24.9. The van der Waals surface area contributed by atoms with Crippen molar-refractivity contribution < 1.29 is 0 Å². The van der Waals surface area contributed by atoms with Crippen LogP contribution >= 0.6 is 0 Å². The summed E-state index contributed by atoms with van der Waals surface area (Å²) in [5, 5.41) is 9.96. The Morgan fingerprint density at radius 3 is 1.08 bits per heavy atom. The van der Waals surface area contributed by atoms with E-state index in [9.17, 15) is 0 Å². The SMILES string of the molecule is Cc1ccc(N(c2cccc(-c3ccccc3)c2)c2ccc3c4cc5c(cc4n4c6ccccc6c2c34)c2ccc(N(c3ccc(C)cc3)c3cccc(-c4ccccc4)c3)c3c4ccccc4n5c23)cc1. The quantitative estimate of drug-likeness (QED) is 0.151. The summed E-state index contributed by atoms with van der Waals surface area (Å²) < 4.78 is 5.09. The maximum absolute atomic E-state index is 2.54. The first-order chi connectivity index (χ1) is 35.6. The number of nitrogens with zero attached hydrogens (tertiary/aromatic N) is 4. The maximum atomic E-state index is 2.54. The van der Waals surface area contributed by atoms with Crippen LogP contribution in [0.5, 0.6) is 0 Å². The third-order valence-corrected chi connectivity index (χ3v) is 15.3. The molecular formula is C68H46N4. The van der Waals surface area contributed by atoms with Crippen LogP contribution in [0.4, 0.5) is 34.1 Å². The Bertz CT molecular complexity index is 4270. The van der Waals surface area contributed by atoms with Crippen molar-refractivity contribution in [1.29, 1.82) is 0 Å². The van der Waals surface area contributed by atoms with Gasteiger partial charge in [0.25, 0.3) is 0 Å². The van der Waals surface area contributed by atoms with Crippen molar-refractivity contribution in [3.8, 4) is 22.3 Å². The van der Waals surface area contributed by atoms with Crippen molar-refractivity contribution in [2.75, 3.05) is 9.80 Å². The Labute approximate surface area is 416 Å². The highest BCUT2D eigenvalue weighted by atomic mass is 15.2. The van der Waals surface area contributed by atoms with Gasteiger partial charge >= 0.3 is 0 Å². The molecule has 0 radical (unpaired) electrons. The summed E-state index contributed by atoms with van der Waals surface area (Å²) in [5.41, 5.74) is 21.4. The Balaban J connectivity index is 0.989. The first-order valence-electron chi connectivity index (χ1n) is 24.9. The van der Waals surface area contributed by atoms with E-state index >= 15 is 0 Å². The molecule has 72 heavy (non-hydrogen) atoms. The Hall–Kier alpha value is -9.38. The van der Waals surface area contributed by atoms with Gasteiger partial charge in [-0.3, -0.25) is 0 Å². The number of hydrogen-bond donors (Lipinski definition) is 0. The number of fused-ring (bicyclic) bond motifs is 12. The summed E-state index contributed by atoms with van der Waals surface area (Å²) in [7, 11) is 0. The Morgan fingerprint density at radius 1 is 0.264 bits per heavy atom. The lowest BCUT2D eigenvalue weighted by Gasteiger charge is -2.27. The number of aryl methyl sites for hydroxylation is 2. The number of para-hydroxylation sites is 2. The maximum Gasteiger partial charge on any atom is 0.0641 e. The monoisotopic (exact) mass is 918 g/mol. The molecule has 0 aliphatic carbocycles. The van der Waals surface area contributed by atoms with Gasteiger partial charge in [-0.15, -0.1) is 0 Å². The molecular weight excluding hydrogens is 873 g/mol. The predicted molar refractivity (Wildman–Crippen MR) is 305 cm³/mol. The van der Waals surface area contributed by atoms with E-state index in [1.54, 1.807) is 0 Å². The van der Waals surface area contributed by atoms with Gasteiger partial charge in [0.05, 0.1) is 44.5 Å². The van der Waals surface area contributed by atoms with E-state index in [4.69, 9.17) is 0 Å². The number of rotatable bonds is 8. The van der Waals surface area contributed by atoms with Crippen LogP contribution in [0.15, 0.2) is 243 Å². The molecule has 0 fully saturated rings. The summed E-state index contributed by atoms with van der Waals surface area (Å²) in [4.78, 5) is 4.91. The molecule has 0 amide bonds. The van der Waals surface area contributed by atoms with E-state index in [2.05, 4.69) is 275 Å². The second kappa shape index (κ2) is 15.6. The van der Waals surface area contributed by atoms with E-state index in [1.165, 1.54) is 110 Å². The van der Waals surface area contributed by atoms with Crippen molar-refractivity contribution in [2.24, 2.45) is 0 Å². The third-order valence-electron chi connectivity index (χ3n) is 15.3. The van der Waals surface area contributed by atoms with E-state index in [0.717, 1.165) is 34.1 Å². The third kappa shape index (κ3) is 5.93. The normalized spacial score (nSPS) is 12.0. The van der Waals surface area contributed by atoms with Gasteiger partial charge in [-0.25, -0.2) is 0 Å². The molecule has 0 spiro atoms. The summed E-state index contributed by atoms with van der Waals surface area (Å²) in [6, 6.07) is 89.7. The molecule has 0 bridgehead atoms. The fourth-order valence-electron chi connectivity index (χ4n) is 12.0. The van der Waals surface area contributed by atoms with E-state index in [0.29, 0.717) is 0 Å². The molecule has 15 aromatic rings. The fourth-order valence-corrected chi connectivity index (χ4v) is 12.0. The van der Waals surface area contributed by atoms with Gasteiger partial charge in [0, 0.05) is 65.8 Å². The zero-order chi connectivity index (χ0) is 47.6. The molecule has 0 saturated carbocycles. The lowest BCUT2D eigenvalue weighted by atomic mass is 10.0. The molecule has 338 valence electrons. The lowest BCUT2D eigenvalue weighted by Crippen LogP contribution is -2.10. The highest BCUT2D eigenvalue weighted by Crippen LogP contribution is 2.51. The van der Waals surface area contributed by atoms with Gasteiger partial charge in [-0.2, -0.15) is 0 Å².